The highest BCUT2D eigenvalue weighted by Crippen LogP contribution is 2.43. The zero-order valence-electron chi connectivity index (χ0n) is 16.9. The van der Waals surface area contributed by atoms with E-state index < -0.39 is 0 Å². The van der Waals surface area contributed by atoms with Crippen LogP contribution in [0.4, 0.5) is 9.18 Å². The third-order valence-electron chi connectivity index (χ3n) is 6.30. The SMILES string of the molecule is CN(C(=O)N1N=C2c3cc(F)ccc3OCC2C1c1ccccc1)[C@@H]1CCCNC1. The second kappa shape index (κ2) is 7.72. The number of hydrogen-bond donors (Lipinski definition) is 1. The van der Waals surface area contributed by atoms with Crippen molar-refractivity contribution in [3.8, 4) is 5.75 Å². The maximum absolute atomic E-state index is 14.0. The van der Waals surface area contributed by atoms with Crippen molar-refractivity contribution in [1.29, 1.82) is 0 Å². The Morgan fingerprint density at radius 1 is 1.27 bits per heavy atom. The summed E-state index contributed by atoms with van der Waals surface area (Å²) >= 11 is 0. The molecule has 0 radical (unpaired) electrons. The van der Waals surface area contributed by atoms with Crippen molar-refractivity contribution in [3.63, 3.8) is 0 Å². The van der Waals surface area contributed by atoms with Crippen LogP contribution in [0.3, 0.4) is 0 Å². The van der Waals surface area contributed by atoms with Gasteiger partial charge in [0.1, 0.15) is 11.6 Å². The van der Waals surface area contributed by atoms with Crippen molar-refractivity contribution < 1.29 is 13.9 Å². The summed E-state index contributed by atoms with van der Waals surface area (Å²) in [5.74, 6) is 0.119. The Morgan fingerprint density at radius 3 is 2.87 bits per heavy atom. The fourth-order valence-electron chi connectivity index (χ4n) is 4.67. The van der Waals surface area contributed by atoms with Gasteiger partial charge in [0, 0.05) is 25.2 Å². The predicted molar refractivity (Wildman–Crippen MR) is 112 cm³/mol. The quantitative estimate of drug-likeness (QED) is 0.829. The number of nitrogens with one attached hydrogen (secondary N) is 1. The number of ether oxygens (including phenoxy) is 1. The summed E-state index contributed by atoms with van der Waals surface area (Å²) in [6.45, 7) is 2.16. The van der Waals surface area contributed by atoms with Crippen LogP contribution in [-0.4, -0.2) is 54.4 Å². The van der Waals surface area contributed by atoms with Crippen LogP contribution < -0.4 is 10.1 Å². The van der Waals surface area contributed by atoms with Crippen molar-refractivity contribution in [2.45, 2.75) is 24.9 Å². The van der Waals surface area contributed by atoms with Gasteiger partial charge in [-0.25, -0.2) is 14.2 Å². The number of hydrazone groups is 1. The molecule has 156 valence electrons. The molecule has 0 aliphatic carbocycles. The van der Waals surface area contributed by atoms with Crippen LogP contribution in [0.25, 0.3) is 0 Å². The summed E-state index contributed by atoms with van der Waals surface area (Å²) < 4.78 is 19.9. The molecule has 2 amide bonds. The molecule has 6 nitrogen and oxygen atoms in total. The Balaban J connectivity index is 1.54. The summed E-state index contributed by atoms with van der Waals surface area (Å²) in [6, 6.07) is 14.1. The number of urea groups is 1. The molecule has 7 heteroatoms. The third-order valence-corrected chi connectivity index (χ3v) is 6.30. The number of carbonyl (C=O) groups excluding carboxylic acids is 1. The molecule has 2 aromatic carbocycles. The Labute approximate surface area is 175 Å². The van der Waals surface area contributed by atoms with E-state index in [1.807, 2.05) is 37.4 Å². The molecule has 0 aromatic heterocycles. The number of carbonyl (C=O) groups is 1. The molecule has 0 spiro atoms. The topological polar surface area (TPSA) is 57.2 Å². The van der Waals surface area contributed by atoms with E-state index in [-0.39, 0.29) is 29.8 Å². The lowest BCUT2D eigenvalue weighted by Crippen LogP contribution is -2.50. The maximum Gasteiger partial charge on any atom is 0.341 e. The molecule has 3 atom stereocenters. The molecule has 5 rings (SSSR count). The van der Waals surface area contributed by atoms with Gasteiger partial charge in [-0.3, -0.25) is 0 Å². The van der Waals surface area contributed by atoms with Crippen LogP contribution in [0.15, 0.2) is 53.6 Å². The van der Waals surface area contributed by atoms with Crippen LogP contribution in [0, 0.1) is 11.7 Å². The van der Waals surface area contributed by atoms with E-state index >= 15 is 0 Å². The van der Waals surface area contributed by atoms with Crippen LogP contribution in [-0.2, 0) is 0 Å². The highest BCUT2D eigenvalue weighted by atomic mass is 19.1. The summed E-state index contributed by atoms with van der Waals surface area (Å²) in [4.78, 5) is 15.3. The Kier molecular flexibility index (Phi) is 4.90. The Morgan fingerprint density at radius 2 is 2.10 bits per heavy atom. The number of hydrogen-bond acceptors (Lipinski definition) is 4. The largest absolute Gasteiger partial charge is 0.492 e. The molecule has 3 aliphatic rings. The zero-order valence-corrected chi connectivity index (χ0v) is 16.9. The van der Waals surface area contributed by atoms with Crippen LogP contribution in [0.5, 0.6) is 5.75 Å². The second-order valence-corrected chi connectivity index (χ2v) is 8.14. The molecule has 0 bridgehead atoms. The van der Waals surface area contributed by atoms with Gasteiger partial charge >= 0.3 is 6.03 Å². The molecule has 1 saturated heterocycles. The van der Waals surface area contributed by atoms with E-state index in [2.05, 4.69) is 5.32 Å². The first kappa shape index (κ1) is 19.1. The zero-order chi connectivity index (χ0) is 20.7. The first-order valence-electron chi connectivity index (χ1n) is 10.5. The monoisotopic (exact) mass is 408 g/mol. The third kappa shape index (κ3) is 3.23. The minimum Gasteiger partial charge on any atom is -0.492 e. The number of amides is 2. The van der Waals surface area contributed by atoms with E-state index in [1.165, 1.54) is 12.1 Å². The van der Waals surface area contributed by atoms with Gasteiger partial charge in [-0.15, -0.1) is 0 Å². The highest BCUT2D eigenvalue weighted by Gasteiger charge is 2.46. The second-order valence-electron chi connectivity index (χ2n) is 8.14. The molecule has 1 fully saturated rings. The van der Waals surface area contributed by atoms with Crippen LogP contribution in [0.1, 0.15) is 30.0 Å². The van der Waals surface area contributed by atoms with Crippen molar-refractivity contribution in [2.24, 2.45) is 11.0 Å². The van der Waals surface area contributed by atoms with E-state index in [9.17, 15) is 9.18 Å². The van der Waals surface area contributed by atoms with Gasteiger partial charge in [0.15, 0.2) is 0 Å². The Hall–Kier alpha value is -2.93. The van der Waals surface area contributed by atoms with Gasteiger partial charge in [-0.2, -0.15) is 5.10 Å². The number of halogens is 1. The van der Waals surface area contributed by atoms with E-state index in [1.54, 1.807) is 16.0 Å². The first-order chi connectivity index (χ1) is 14.6. The molecule has 30 heavy (non-hydrogen) atoms. The lowest BCUT2D eigenvalue weighted by molar-refractivity contribution is 0.115. The molecule has 2 unspecified atom stereocenters. The molecule has 0 saturated carbocycles. The van der Waals surface area contributed by atoms with Crippen molar-refractivity contribution in [1.82, 2.24) is 15.2 Å². The van der Waals surface area contributed by atoms with Gasteiger partial charge in [0.05, 0.1) is 24.3 Å². The number of benzene rings is 2. The van der Waals surface area contributed by atoms with Crippen LogP contribution in [0.2, 0.25) is 0 Å². The average molecular weight is 408 g/mol. The highest BCUT2D eigenvalue weighted by molar-refractivity contribution is 6.07. The molecule has 3 heterocycles. The van der Waals surface area contributed by atoms with Crippen molar-refractivity contribution in [3.05, 3.63) is 65.5 Å². The lowest BCUT2D eigenvalue weighted by Gasteiger charge is -2.36. The van der Waals surface area contributed by atoms with E-state index in [4.69, 9.17) is 9.84 Å². The van der Waals surface area contributed by atoms with Crippen molar-refractivity contribution >= 4 is 11.7 Å². The van der Waals surface area contributed by atoms with Gasteiger partial charge in [-0.05, 0) is 43.1 Å². The molecule has 3 aliphatic heterocycles. The number of nitrogens with zero attached hydrogens (tertiary/aromatic N) is 3. The summed E-state index contributed by atoms with van der Waals surface area (Å²) in [6.07, 6.45) is 2.01. The smallest absolute Gasteiger partial charge is 0.341 e. The fraction of sp³-hybridized carbons (Fsp3) is 0.391. The maximum atomic E-state index is 14.0. The first-order valence-corrected chi connectivity index (χ1v) is 10.5. The Bertz CT molecular complexity index is 974. The predicted octanol–water partition coefficient (Wildman–Crippen LogP) is 3.40. The number of likely N-dealkylation sites (N-methyl/N-ethyl adjacent to an activating group) is 1. The minimum absolute atomic E-state index is 0.131. The standard InChI is InChI=1S/C23H25FN4O2/c1-27(17-8-5-11-25-13-17)23(29)28-22(15-6-3-2-4-7-15)19-14-30-20-10-9-16(24)12-18(20)21(19)26-28/h2-4,6-7,9-10,12,17,19,22,25H,5,8,11,13-14H2,1H3/t17-,19?,22?/m1/s1. The van der Waals surface area contributed by atoms with E-state index in [0.29, 0.717) is 23.6 Å². The van der Waals surface area contributed by atoms with E-state index in [0.717, 1.165) is 31.5 Å². The lowest BCUT2D eigenvalue weighted by atomic mass is 9.86. The molecule has 2 aromatic rings. The normalized spacial score (nSPS) is 25.1. The molecular weight excluding hydrogens is 383 g/mol. The number of rotatable bonds is 2. The fourth-order valence-corrected chi connectivity index (χ4v) is 4.67. The van der Waals surface area contributed by atoms with Crippen LogP contribution >= 0.6 is 0 Å². The summed E-state index contributed by atoms with van der Waals surface area (Å²) in [5.41, 5.74) is 2.34. The minimum atomic E-state index is -0.341. The number of piperidine rings is 1. The van der Waals surface area contributed by atoms with Gasteiger partial charge < -0.3 is 15.0 Å². The van der Waals surface area contributed by atoms with Gasteiger partial charge in [0.25, 0.3) is 0 Å². The summed E-state index contributed by atoms with van der Waals surface area (Å²) in [5, 5.41) is 9.70. The number of fused-ring (bicyclic) bond motifs is 3. The molecule has 1 N–H and O–H groups in total. The van der Waals surface area contributed by atoms with Gasteiger partial charge in [0.2, 0.25) is 0 Å². The average Bonchev–Trinajstić information content (AvgIpc) is 3.19. The molecular formula is C23H25FN4O2. The van der Waals surface area contributed by atoms with Crippen molar-refractivity contribution in [2.75, 3.05) is 26.7 Å². The van der Waals surface area contributed by atoms with Gasteiger partial charge in [-0.1, -0.05) is 30.3 Å². The summed E-state index contributed by atoms with van der Waals surface area (Å²) in [7, 11) is 1.84.